The summed E-state index contributed by atoms with van der Waals surface area (Å²) in [5, 5.41) is 9.44. The Morgan fingerprint density at radius 1 is 1.38 bits per heavy atom. The van der Waals surface area contributed by atoms with E-state index >= 15 is 0 Å². The molecule has 2 heterocycles. The smallest absolute Gasteiger partial charge is 0.265 e. The molecule has 0 fully saturated rings. The standard InChI is InChI=1S/C17H19N3O4/c1-8(2)15-14(9(3)20-24-15)17(22)18-11-5-6-13-12(7-11)19-16(21)10(4)23-13/h5-8,10H,1-4H3,(H,18,22)(H,19,21). The van der Waals surface area contributed by atoms with E-state index in [2.05, 4.69) is 15.8 Å². The van der Waals surface area contributed by atoms with E-state index in [0.717, 1.165) is 0 Å². The fraction of sp³-hybridized carbons (Fsp3) is 0.353. The van der Waals surface area contributed by atoms with Crippen molar-refractivity contribution in [3.63, 3.8) is 0 Å². The van der Waals surface area contributed by atoms with Gasteiger partial charge in [-0.2, -0.15) is 0 Å². The lowest BCUT2D eigenvalue weighted by molar-refractivity contribution is -0.122. The second-order valence-corrected chi connectivity index (χ2v) is 6.08. The molecular formula is C17H19N3O4. The SMILES string of the molecule is Cc1noc(C(C)C)c1C(=O)Nc1ccc2c(c1)NC(=O)C(C)O2. The second-order valence-electron chi connectivity index (χ2n) is 6.08. The normalized spacial score (nSPS) is 16.4. The zero-order chi connectivity index (χ0) is 17.4. The van der Waals surface area contributed by atoms with Crippen LogP contribution in [0.4, 0.5) is 11.4 Å². The molecule has 1 aliphatic rings. The van der Waals surface area contributed by atoms with E-state index in [1.807, 2.05) is 13.8 Å². The summed E-state index contributed by atoms with van der Waals surface area (Å²) in [5.74, 6) is 0.652. The van der Waals surface area contributed by atoms with E-state index in [-0.39, 0.29) is 17.7 Å². The summed E-state index contributed by atoms with van der Waals surface area (Å²) in [6.45, 7) is 7.27. The molecule has 1 aromatic carbocycles. The van der Waals surface area contributed by atoms with Gasteiger partial charge < -0.3 is 19.9 Å². The minimum absolute atomic E-state index is 0.0460. The number of hydrogen-bond acceptors (Lipinski definition) is 5. The summed E-state index contributed by atoms with van der Waals surface area (Å²) in [5.41, 5.74) is 2.06. The molecule has 0 saturated carbocycles. The summed E-state index contributed by atoms with van der Waals surface area (Å²) in [4.78, 5) is 24.3. The fourth-order valence-electron chi connectivity index (χ4n) is 2.54. The number of amides is 2. The monoisotopic (exact) mass is 329 g/mol. The Morgan fingerprint density at radius 3 is 2.83 bits per heavy atom. The van der Waals surface area contributed by atoms with Crippen molar-refractivity contribution in [1.29, 1.82) is 0 Å². The highest BCUT2D eigenvalue weighted by atomic mass is 16.5. The van der Waals surface area contributed by atoms with Crippen LogP contribution in [0.1, 0.15) is 48.5 Å². The molecule has 2 aromatic rings. The molecule has 1 atom stereocenters. The molecule has 1 aromatic heterocycles. The van der Waals surface area contributed by atoms with Gasteiger partial charge in [-0.15, -0.1) is 0 Å². The zero-order valence-corrected chi connectivity index (χ0v) is 14.0. The maximum atomic E-state index is 12.6. The van der Waals surface area contributed by atoms with Crippen molar-refractivity contribution in [2.75, 3.05) is 10.6 Å². The van der Waals surface area contributed by atoms with Gasteiger partial charge in [0.25, 0.3) is 11.8 Å². The van der Waals surface area contributed by atoms with E-state index in [0.29, 0.717) is 34.1 Å². The molecule has 7 nitrogen and oxygen atoms in total. The Hall–Kier alpha value is -2.83. The largest absolute Gasteiger partial charge is 0.479 e. The summed E-state index contributed by atoms with van der Waals surface area (Å²) < 4.78 is 10.7. The van der Waals surface area contributed by atoms with E-state index < -0.39 is 6.10 Å². The summed E-state index contributed by atoms with van der Waals surface area (Å²) in [6, 6.07) is 5.10. The molecule has 126 valence electrons. The molecule has 0 aliphatic carbocycles. The Labute approximate surface area is 139 Å². The Bertz CT molecular complexity index is 810. The number of carbonyl (C=O) groups excluding carboxylic acids is 2. The number of benzene rings is 1. The van der Waals surface area contributed by atoms with Crippen LogP contribution < -0.4 is 15.4 Å². The fourth-order valence-corrected chi connectivity index (χ4v) is 2.54. The zero-order valence-electron chi connectivity index (χ0n) is 14.0. The van der Waals surface area contributed by atoms with E-state index in [9.17, 15) is 9.59 Å². The molecule has 0 spiro atoms. The van der Waals surface area contributed by atoms with E-state index in [1.165, 1.54) is 0 Å². The van der Waals surface area contributed by atoms with Crippen molar-refractivity contribution in [2.45, 2.75) is 39.7 Å². The number of aryl methyl sites for hydroxylation is 1. The molecule has 0 saturated heterocycles. The Kier molecular flexibility index (Phi) is 4.01. The highest BCUT2D eigenvalue weighted by Crippen LogP contribution is 2.32. The number of fused-ring (bicyclic) bond motifs is 1. The predicted octanol–water partition coefficient (Wildman–Crippen LogP) is 3.08. The second kappa shape index (κ2) is 5.99. The first-order chi connectivity index (χ1) is 11.4. The molecule has 24 heavy (non-hydrogen) atoms. The van der Waals surface area contributed by atoms with Crippen molar-refractivity contribution < 1.29 is 18.8 Å². The third-order valence-electron chi connectivity index (χ3n) is 3.81. The molecule has 1 unspecified atom stereocenters. The van der Waals surface area contributed by atoms with Crippen LogP contribution in [0.15, 0.2) is 22.7 Å². The van der Waals surface area contributed by atoms with Crippen LogP contribution in [0.3, 0.4) is 0 Å². The quantitative estimate of drug-likeness (QED) is 0.902. The van der Waals surface area contributed by atoms with Gasteiger partial charge in [0.05, 0.1) is 11.4 Å². The molecule has 2 N–H and O–H groups in total. The topological polar surface area (TPSA) is 93.5 Å². The van der Waals surface area contributed by atoms with Gasteiger partial charge in [0.15, 0.2) is 11.9 Å². The van der Waals surface area contributed by atoms with Crippen molar-refractivity contribution in [1.82, 2.24) is 5.16 Å². The van der Waals surface area contributed by atoms with E-state index in [1.54, 1.807) is 32.0 Å². The Balaban J connectivity index is 1.85. The van der Waals surface area contributed by atoms with Crippen LogP contribution in [-0.4, -0.2) is 23.1 Å². The van der Waals surface area contributed by atoms with Crippen LogP contribution >= 0.6 is 0 Å². The number of rotatable bonds is 3. The third-order valence-corrected chi connectivity index (χ3v) is 3.81. The van der Waals surface area contributed by atoms with Crippen LogP contribution in [0.2, 0.25) is 0 Å². The summed E-state index contributed by atoms with van der Waals surface area (Å²) >= 11 is 0. The summed E-state index contributed by atoms with van der Waals surface area (Å²) in [6.07, 6.45) is -0.536. The first-order valence-electron chi connectivity index (χ1n) is 7.76. The molecule has 0 bridgehead atoms. The van der Waals surface area contributed by atoms with Gasteiger partial charge in [-0.1, -0.05) is 19.0 Å². The van der Waals surface area contributed by atoms with Gasteiger partial charge >= 0.3 is 0 Å². The number of ether oxygens (including phenoxy) is 1. The van der Waals surface area contributed by atoms with Crippen LogP contribution in [-0.2, 0) is 4.79 Å². The van der Waals surface area contributed by atoms with Gasteiger partial charge in [-0.05, 0) is 32.0 Å². The Morgan fingerprint density at radius 2 is 2.12 bits per heavy atom. The number of aromatic nitrogens is 1. The third kappa shape index (κ3) is 2.84. The van der Waals surface area contributed by atoms with Gasteiger partial charge in [0, 0.05) is 11.6 Å². The van der Waals surface area contributed by atoms with Crippen LogP contribution in [0, 0.1) is 6.92 Å². The molecule has 7 heteroatoms. The van der Waals surface area contributed by atoms with Crippen molar-refractivity contribution in [3.8, 4) is 5.75 Å². The maximum absolute atomic E-state index is 12.6. The van der Waals surface area contributed by atoms with E-state index in [4.69, 9.17) is 9.26 Å². The first kappa shape index (κ1) is 16.0. The number of nitrogens with zero attached hydrogens (tertiary/aromatic N) is 1. The van der Waals surface area contributed by atoms with Gasteiger partial charge in [0.2, 0.25) is 0 Å². The number of carbonyl (C=O) groups is 2. The van der Waals surface area contributed by atoms with Crippen LogP contribution in [0.5, 0.6) is 5.75 Å². The predicted molar refractivity (Wildman–Crippen MR) is 88.4 cm³/mol. The van der Waals surface area contributed by atoms with Crippen molar-refractivity contribution in [2.24, 2.45) is 0 Å². The highest BCUT2D eigenvalue weighted by molar-refractivity contribution is 6.06. The van der Waals surface area contributed by atoms with Crippen molar-refractivity contribution >= 4 is 23.2 Å². The molecule has 0 radical (unpaired) electrons. The highest BCUT2D eigenvalue weighted by Gasteiger charge is 2.25. The lowest BCUT2D eigenvalue weighted by atomic mass is 10.0. The average Bonchev–Trinajstić information content (AvgIpc) is 2.91. The minimum Gasteiger partial charge on any atom is -0.479 e. The lowest BCUT2D eigenvalue weighted by Gasteiger charge is -2.23. The number of hydrogen-bond donors (Lipinski definition) is 2. The number of nitrogens with one attached hydrogen (secondary N) is 2. The molecule has 2 amide bonds. The lowest BCUT2D eigenvalue weighted by Crippen LogP contribution is -2.34. The first-order valence-corrected chi connectivity index (χ1v) is 7.76. The van der Waals surface area contributed by atoms with Gasteiger partial charge in [-0.3, -0.25) is 9.59 Å². The summed E-state index contributed by atoms with van der Waals surface area (Å²) in [7, 11) is 0. The van der Waals surface area contributed by atoms with Crippen LogP contribution in [0.25, 0.3) is 0 Å². The molecular weight excluding hydrogens is 310 g/mol. The van der Waals surface area contributed by atoms with Gasteiger partial charge in [0.1, 0.15) is 11.3 Å². The van der Waals surface area contributed by atoms with Crippen molar-refractivity contribution in [3.05, 3.63) is 35.2 Å². The molecule has 1 aliphatic heterocycles. The molecule has 3 rings (SSSR count). The maximum Gasteiger partial charge on any atom is 0.265 e. The average molecular weight is 329 g/mol. The van der Waals surface area contributed by atoms with Gasteiger partial charge in [-0.25, -0.2) is 0 Å². The minimum atomic E-state index is -0.536. The number of anilines is 2.